The topological polar surface area (TPSA) is 74.0 Å². The molecule has 2 aromatic heterocycles. The third-order valence-corrected chi connectivity index (χ3v) is 4.53. The normalized spacial score (nSPS) is 21.0. The maximum absolute atomic E-state index is 9.62. The summed E-state index contributed by atoms with van der Waals surface area (Å²) in [4.78, 5) is 9.31. The Balaban J connectivity index is 0.00000225. The van der Waals surface area contributed by atoms with Crippen LogP contribution in [0.2, 0.25) is 0 Å². The molecule has 0 atom stereocenters. The van der Waals surface area contributed by atoms with Crippen LogP contribution in [-0.4, -0.2) is 39.1 Å². The minimum absolute atomic E-state index is 0. The Hall–Kier alpha value is -1.35. The van der Waals surface area contributed by atoms with Gasteiger partial charge in [-0.2, -0.15) is 0 Å². The van der Waals surface area contributed by atoms with Gasteiger partial charge in [0.1, 0.15) is 5.65 Å². The Labute approximate surface area is 166 Å². The SMILES string of the molecule is CCNC(=NCc1cn2c(C)cccc2n1)NC1CCC(O)CC1.I. The summed E-state index contributed by atoms with van der Waals surface area (Å²) in [6.07, 6.45) is 5.61. The van der Waals surface area contributed by atoms with Crippen molar-refractivity contribution < 1.29 is 5.11 Å². The van der Waals surface area contributed by atoms with Crippen molar-refractivity contribution in [2.45, 2.75) is 58.2 Å². The first kappa shape index (κ1) is 20.0. The number of hydrogen-bond acceptors (Lipinski definition) is 3. The van der Waals surface area contributed by atoms with Gasteiger partial charge in [0.15, 0.2) is 5.96 Å². The number of aromatic nitrogens is 2. The molecule has 3 rings (SSSR count). The number of nitrogens with zero attached hydrogens (tertiary/aromatic N) is 3. The average Bonchev–Trinajstić information content (AvgIpc) is 2.99. The van der Waals surface area contributed by atoms with Crippen LogP contribution in [0.5, 0.6) is 0 Å². The van der Waals surface area contributed by atoms with Crippen molar-refractivity contribution in [3.05, 3.63) is 35.8 Å². The van der Waals surface area contributed by atoms with Crippen molar-refractivity contribution >= 4 is 35.6 Å². The van der Waals surface area contributed by atoms with E-state index in [-0.39, 0.29) is 30.1 Å². The first-order valence-electron chi connectivity index (χ1n) is 8.82. The van der Waals surface area contributed by atoms with E-state index in [2.05, 4.69) is 51.1 Å². The van der Waals surface area contributed by atoms with Crippen LogP contribution in [0.1, 0.15) is 44.0 Å². The summed E-state index contributed by atoms with van der Waals surface area (Å²) in [5.41, 5.74) is 3.08. The summed E-state index contributed by atoms with van der Waals surface area (Å²) >= 11 is 0. The van der Waals surface area contributed by atoms with Crippen molar-refractivity contribution in [3.8, 4) is 0 Å². The summed E-state index contributed by atoms with van der Waals surface area (Å²) in [5.74, 6) is 0.827. The number of halogens is 1. The van der Waals surface area contributed by atoms with E-state index in [1.807, 2.05) is 12.1 Å². The van der Waals surface area contributed by atoms with E-state index in [0.29, 0.717) is 12.6 Å². The Morgan fingerprint density at radius 1 is 1.32 bits per heavy atom. The quantitative estimate of drug-likeness (QED) is 0.375. The van der Waals surface area contributed by atoms with E-state index < -0.39 is 0 Å². The standard InChI is InChI=1S/C18H27N5O.HI/c1-3-19-18(22-14-7-9-16(24)10-8-14)20-11-15-12-23-13(2)5-4-6-17(23)21-15;/h4-6,12,14,16,24H,3,7-11H2,1-2H3,(H2,19,20,22);1H. The summed E-state index contributed by atoms with van der Waals surface area (Å²) in [5, 5.41) is 16.4. The van der Waals surface area contributed by atoms with E-state index in [4.69, 9.17) is 0 Å². The fraction of sp³-hybridized carbons (Fsp3) is 0.556. The highest BCUT2D eigenvalue weighted by molar-refractivity contribution is 14.0. The molecule has 3 N–H and O–H groups in total. The van der Waals surface area contributed by atoms with Crippen LogP contribution in [-0.2, 0) is 6.54 Å². The second kappa shape index (κ2) is 9.38. The monoisotopic (exact) mass is 457 g/mol. The summed E-state index contributed by atoms with van der Waals surface area (Å²) in [6.45, 7) is 5.51. The summed E-state index contributed by atoms with van der Waals surface area (Å²) < 4.78 is 2.09. The van der Waals surface area contributed by atoms with Crippen LogP contribution >= 0.6 is 24.0 Å². The van der Waals surface area contributed by atoms with E-state index >= 15 is 0 Å². The molecule has 0 aliphatic heterocycles. The van der Waals surface area contributed by atoms with Gasteiger partial charge in [-0.05, 0) is 51.7 Å². The van der Waals surface area contributed by atoms with Crippen molar-refractivity contribution in [2.75, 3.05) is 6.54 Å². The number of pyridine rings is 1. The molecule has 1 aliphatic carbocycles. The zero-order chi connectivity index (χ0) is 16.9. The maximum atomic E-state index is 9.62. The number of rotatable bonds is 4. The van der Waals surface area contributed by atoms with Gasteiger partial charge in [0, 0.05) is 24.5 Å². The number of aliphatic hydroxyl groups excluding tert-OH is 1. The molecule has 0 radical (unpaired) electrons. The number of aliphatic imine (C=N–C) groups is 1. The van der Waals surface area contributed by atoms with E-state index in [1.54, 1.807) is 0 Å². The molecule has 0 spiro atoms. The number of guanidine groups is 1. The van der Waals surface area contributed by atoms with Gasteiger partial charge in [-0.1, -0.05) is 6.07 Å². The number of nitrogens with one attached hydrogen (secondary N) is 2. The van der Waals surface area contributed by atoms with Gasteiger partial charge in [0.05, 0.1) is 18.3 Å². The number of fused-ring (bicyclic) bond motifs is 1. The predicted octanol–water partition coefficient (Wildman–Crippen LogP) is 2.62. The van der Waals surface area contributed by atoms with Gasteiger partial charge in [-0.25, -0.2) is 9.98 Å². The van der Waals surface area contributed by atoms with E-state index in [0.717, 1.165) is 49.5 Å². The van der Waals surface area contributed by atoms with Gasteiger partial charge < -0.3 is 20.1 Å². The van der Waals surface area contributed by atoms with Gasteiger partial charge in [-0.15, -0.1) is 24.0 Å². The molecule has 138 valence electrons. The molecule has 0 bridgehead atoms. The van der Waals surface area contributed by atoms with Gasteiger partial charge in [0.2, 0.25) is 0 Å². The average molecular weight is 457 g/mol. The lowest BCUT2D eigenvalue weighted by Gasteiger charge is -2.27. The van der Waals surface area contributed by atoms with Crippen LogP contribution in [0.3, 0.4) is 0 Å². The van der Waals surface area contributed by atoms with Crippen LogP contribution in [0.25, 0.3) is 5.65 Å². The van der Waals surface area contributed by atoms with Gasteiger partial charge in [-0.3, -0.25) is 0 Å². The third-order valence-electron chi connectivity index (χ3n) is 4.53. The minimum Gasteiger partial charge on any atom is -0.393 e. The molecule has 1 aliphatic rings. The van der Waals surface area contributed by atoms with Crippen LogP contribution < -0.4 is 10.6 Å². The molecule has 0 saturated heterocycles. The first-order valence-corrected chi connectivity index (χ1v) is 8.82. The van der Waals surface area contributed by atoms with Crippen LogP contribution in [0.4, 0.5) is 0 Å². The second-order valence-electron chi connectivity index (χ2n) is 6.47. The lowest BCUT2D eigenvalue weighted by atomic mass is 9.93. The van der Waals surface area contributed by atoms with Gasteiger partial charge in [0.25, 0.3) is 0 Å². The molecule has 1 fully saturated rings. The highest BCUT2D eigenvalue weighted by Crippen LogP contribution is 2.18. The Morgan fingerprint density at radius 3 is 2.76 bits per heavy atom. The Kier molecular flexibility index (Phi) is 7.49. The van der Waals surface area contributed by atoms with Gasteiger partial charge >= 0.3 is 0 Å². The Morgan fingerprint density at radius 2 is 2.08 bits per heavy atom. The fourth-order valence-corrected chi connectivity index (χ4v) is 3.17. The number of hydrogen-bond donors (Lipinski definition) is 3. The summed E-state index contributed by atoms with van der Waals surface area (Å²) in [7, 11) is 0. The van der Waals surface area contributed by atoms with Crippen molar-refractivity contribution in [2.24, 2.45) is 4.99 Å². The zero-order valence-corrected chi connectivity index (χ0v) is 17.2. The lowest BCUT2D eigenvalue weighted by molar-refractivity contribution is 0.120. The lowest BCUT2D eigenvalue weighted by Crippen LogP contribution is -2.45. The minimum atomic E-state index is -0.135. The molecule has 1 saturated carbocycles. The molecule has 6 nitrogen and oxygen atoms in total. The number of imidazole rings is 1. The number of aryl methyl sites for hydroxylation is 1. The van der Waals surface area contributed by atoms with Crippen LogP contribution in [0.15, 0.2) is 29.4 Å². The molecular formula is C18H28IN5O. The fourth-order valence-electron chi connectivity index (χ4n) is 3.17. The van der Waals surface area contributed by atoms with E-state index in [1.165, 1.54) is 5.69 Å². The highest BCUT2D eigenvalue weighted by Gasteiger charge is 2.19. The second-order valence-corrected chi connectivity index (χ2v) is 6.47. The van der Waals surface area contributed by atoms with Crippen molar-refractivity contribution in [1.82, 2.24) is 20.0 Å². The van der Waals surface area contributed by atoms with E-state index in [9.17, 15) is 5.11 Å². The molecule has 0 aromatic carbocycles. The molecule has 7 heteroatoms. The van der Waals surface area contributed by atoms with Crippen LogP contribution in [0, 0.1) is 6.92 Å². The predicted molar refractivity (Wildman–Crippen MR) is 112 cm³/mol. The first-order chi connectivity index (χ1) is 11.7. The Bertz CT molecular complexity index is 707. The molecule has 25 heavy (non-hydrogen) atoms. The zero-order valence-electron chi connectivity index (χ0n) is 14.9. The molecular weight excluding hydrogens is 429 g/mol. The highest BCUT2D eigenvalue weighted by atomic mass is 127. The largest absolute Gasteiger partial charge is 0.393 e. The third kappa shape index (κ3) is 5.31. The van der Waals surface area contributed by atoms with Crippen molar-refractivity contribution in [3.63, 3.8) is 0 Å². The molecule has 0 unspecified atom stereocenters. The maximum Gasteiger partial charge on any atom is 0.191 e. The smallest absolute Gasteiger partial charge is 0.191 e. The van der Waals surface area contributed by atoms with Crippen molar-refractivity contribution in [1.29, 1.82) is 0 Å². The molecule has 0 amide bonds. The summed E-state index contributed by atoms with van der Waals surface area (Å²) in [6, 6.07) is 6.49. The molecule has 2 heterocycles. The molecule has 2 aromatic rings. The number of aliphatic hydroxyl groups is 1.